The lowest BCUT2D eigenvalue weighted by Crippen LogP contribution is -2.46. The normalized spacial score (nSPS) is 16.2. The summed E-state index contributed by atoms with van der Waals surface area (Å²) < 4.78 is 39.9. The third-order valence-electron chi connectivity index (χ3n) is 4.33. The first-order chi connectivity index (χ1) is 12.9. The molecule has 0 saturated carbocycles. The molecule has 27 heavy (non-hydrogen) atoms. The Morgan fingerprint density at radius 1 is 1.15 bits per heavy atom. The number of piperazine rings is 1. The van der Waals surface area contributed by atoms with Gasteiger partial charge >= 0.3 is 6.18 Å². The number of hydrogen-bond donors (Lipinski definition) is 0. The van der Waals surface area contributed by atoms with Crippen LogP contribution in [0.25, 0.3) is 4.96 Å². The lowest BCUT2D eigenvalue weighted by Gasteiger charge is -2.34. The Bertz CT molecular complexity index is 1010. The van der Waals surface area contributed by atoms with Crippen molar-refractivity contribution in [2.75, 3.05) is 31.1 Å². The number of fused-ring (bicyclic) bond motifs is 1. The standard InChI is InChI=1S/C16H15F3N6OS/c17-16(18,19)12-1-2-20-14(22-12)24-5-3-23(4-6-24)10-11-9-13(26)25-7-8-27-15(25)21-11/h1-2,7-9H,3-6,10H2. The van der Waals surface area contributed by atoms with Gasteiger partial charge in [0.1, 0.15) is 5.69 Å². The maximum Gasteiger partial charge on any atom is 0.433 e. The summed E-state index contributed by atoms with van der Waals surface area (Å²) in [6.45, 7) is 2.75. The van der Waals surface area contributed by atoms with E-state index in [1.807, 2.05) is 0 Å². The van der Waals surface area contributed by atoms with Crippen molar-refractivity contribution in [1.82, 2.24) is 24.3 Å². The van der Waals surface area contributed by atoms with E-state index >= 15 is 0 Å². The Labute approximate surface area is 155 Å². The van der Waals surface area contributed by atoms with Crippen LogP contribution in [0, 0.1) is 0 Å². The van der Waals surface area contributed by atoms with E-state index in [4.69, 9.17) is 0 Å². The van der Waals surface area contributed by atoms with Gasteiger partial charge in [-0.3, -0.25) is 14.1 Å². The van der Waals surface area contributed by atoms with Crippen LogP contribution in [0.3, 0.4) is 0 Å². The van der Waals surface area contributed by atoms with Crippen molar-refractivity contribution in [2.24, 2.45) is 0 Å². The Morgan fingerprint density at radius 2 is 1.93 bits per heavy atom. The Balaban J connectivity index is 1.42. The van der Waals surface area contributed by atoms with Crippen LogP contribution in [0.5, 0.6) is 0 Å². The van der Waals surface area contributed by atoms with E-state index in [1.165, 1.54) is 21.8 Å². The molecule has 3 aromatic rings. The van der Waals surface area contributed by atoms with Gasteiger partial charge in [-0.25, -0.2) is 15.0 Å². The van der Waals surface area contributed by atoms with E-state index in [2.05, 4.69) is 19.9 Å². The molecule has 7 nitrogen and oxygen atoms in total. The monoisotopic (exact) mass is 396 g/mol. The van der Waals surface area contributed by atoms with Crippen LogP contribution in [0.2, 0.25) is 0 Å². The molecular formula is C16H15F3N6OS. The van der Waals surface area contributed by atoms with Crippen molar-refractivity contribution < 1.29 is 13.2 Å². The van der Waals surface area contributed by atoms with Gasteiger partial charge in [-0.2, -0.15) is 13.2 Å². The number of hydrogen-bond acceptors (Lipinski definition) is 7. The topological polar surface area (TPSA) is 66.6 Å². The number of anilines is 1. The maximum atomic E-state index is 12.8. The summed E-state index contributed by atoms with van der Waals surface area (Å²) in [7, 11) is 0. The lowest BCUT2D eigenvalue weighted by molar-refractivity contribution is -0.141. The number of nitrogens with zero attached hydrogens (tertiary/aromatic N) is 6. The van der Waals surface area contributed by atoms with Crippen LogP contribution in [-0.2, 0) is 12.7 Å². The molecule has 0 amide bonds. The molecule has 0 atom stereocenters. The molecular weight excluding hydrogens is 381 g/mol. The molecule has 11 heteroatoms. The molecule has 3 aromatic heterocycles. The second-order valence-electron chi connectivity index (χ2n) is 6.14. The van der Waals surface area contributed by atoms with Crippen LogP contribution < -0.4 is 10.5 Å². The highest BCUT2D eigenvalue weighted by Gasteiger charge is 2.33. The van der Waals surface area contributed by atoms with Gasteiger partial charge in [0.2, 0.25) is 5.95 Å². The van der Waals surface area contributed by atoms with Gasteiger partial charge in [0, 0.05) is 56.6 Å². The highest BCUT2D eigenvalue weighted by Crippen LogP contribution is 2.28. The van der Waals surface area contributed by atoms with Gasteiger partial charge in [-0.15, -0.1) is 11.3 Å². The molecule has 0 N–H and O–H groups in total. The predicted molar refractivity (Wildman–Crippen MR) is 93.9 cm³/mol. The first-order valence-electron chi connectivity index (χ1n) is 8.23. The van der Waals surface area contributed by atoms with Crippen LogP contribution in [0.15, 0.2) is 34.7 Å². The van der Waals surface area contributed by atoms with Gasteiger partial charge in [0.25, 0.3) is 5.56 Å². The second kappa shape index (κ2) is 6.89. The zero-order valence-electron chi connectivity index (χ0n) is 14.1. The van der Waals surface area contributed by atoms with Crippen molar-refractivity contribution in [2.45, 2.75) is 12.7 Å². The van der Waals surface area contributed by atoms with Gasteiger partial charge in [-0.1, -0.05) is 0 Å². The molecule has 0 aliphatic carbocycles. The molecule has 1 fully saturated rings. The predicted octanol–water partition coefficient (Wildman–Crippen LogP) is 1.89. The average molecular weight is 396 g/mol. The number of thiazole rings is 1. The smallest absolute Gasteiger partial charge is 0.338 e. The molecule has 0 radical (unpaired) electrons. The van der Waals surface area contributed by atoms with Gasteiger partial charge in [-0.05, 0) is 6.07 Å². The molecule has 1 aliphatic rings. The highest BCUT2D eigenvalue weighted by atomic mass is 32.1. The van der Waals surface area contributed by atoms with E-state index < -0.39 is 11.9 Å². The fourth-order valence-corrected chi connectivity index (χ4v) is 3.70. The van der Waals surface area contributed by atoms with Crippen molar-refractivity contribution in [3.05, 3.63) is 51.6 Å². The number of aromatic nitrogens is 4. The molecule has 1 aliphatic heterocycles. The second-order valence-corrected chi connectivity index (χ2v) is 7.02. The van der Waals surface area contributed by atoms with E-state index in [1.54, 1.807) is 16.5 Å². The molecule has 1 saturated heterocycles. The fourth-order valence-electron chi connectivity index (χ4n) is 2.96. The zero-order chi connectivity index (χ0) is 19.0. The van der Waals surface area contributed by atoms with Crippen LogP contribution in [0.1, 0.15) is 11.4 Å². The fraction of sp³-hybridized carbons (Fsp3) is 0.375. The first-order valence-corrected chi connectivity index (χ1v) is 9.11. The lowest BCUT2D eigenvalue weighted by atomic mass is 10.3. The minimum absolute atomic E-state index is 0.0841. The molecule has 142 valence electrons. The van der Waals surface area contributed by atoms with Crippen LogP contribution >= 0.6 is 11.3 Å². The highest BCUT2D eigenvalue weighted by molar-refractivity contribution is 7.15. The minimum atomic E-state index is -4.49. The molecule has 0 spiro atoms. The first kappa shape index (κ1) is 17.9. The third kappa shape index (κ3) is 3.78. The molecule has 4 rings (SSSR count). The summed E-state index contributed by atoms with van der Waals surface area (Å²) in [6, 6.07) is 2.38. The van der Waals surface area contributed by atoms with E-state index in [-0.39, 0.29) is 11.5 Å². The number of halogens is 3. The van der Waals surface area contributed by atoms with Crippen LogP contribution in [0.4, 0.5) is 19.1 Å². The average Bonchev–Trinajstić information content (AvgIpc) is 3.11. The summed E-state index contributed by atoms with van der Waals surface area (Å²) in [5.74, 6) is 0.0841. The van der Waals surface area contributed by atoms with E-state index in [9.17, 15) is 18.0 Å². The van der Waals surface area contributed by atoms with Crippen molar-refractivity contribution in [1.29, 1.82) is 0 Å². The molecule has 0 bridgehead atoms. The quantitative estimate of drug-likeness (QED) is 0.674. The van der Waals surface area contributed by atoms with Crippen molar-refractivity contribution in [3.63, 3.8) is 0 Å². The summed E-state index contributed by atoms with van der Waals surface area (Å²) in [5.41, 5.74) is -0.373. The van der Waals surface area contributed by atoms with E-state index in [0.717, 1.165) is 12.3 Å². The minimum Gasteiger partial charge on any atom is -0.338 e. The Morgan fingerprint density at radius 3 is 2.67 bits per heavy atom. The third-order valence-corrected chi connectivity index (χ3v) is 5.09. The van der Waals surface area contributed by atoms with Gasteiger partial charge < -0.3 is 4.90 Å². The zero-order valence-corrected chi connectivity index (χ0v) is 14.9. The molecule has 0 aromatic carbocycles. The maximum absolute atomic E-state index is 12.8. The molecule has 0 unspecified atom stereocenters. The van der Waals surface area contributed by atoms with Gasteiger partial charge in [0.05, 0.1) is 5.69 Å². The van der Waals surface area contributed by atoms with Crippen LogP contribution in [-0.4, -0.2) is 50.4 Å². The summed E-state index contributed by atoms with van der Waals surface area (Å²) in [4.78, 5) is 28.6. The SMILES string of the molecule is O=c1cc(CN2CCN(c3nccc(C(F)(F)F)n3)CC2)nc2sccn12. The van der Waals surface area contributed by atoms with Crippen molar-refractivity contribution >= 4 is 22.2 Å². The van der Waals surface area contributed by atoms with E-state index in [0.29, 0.717) is 43.4 Å². The Hall–Kier alpha value is -2.53. The summed E-state index contributed by atoms with van der Waals surface area (Å²) in [6.07, 6.45) is -1.67. The summed E-state index contributed by atoms with van der Waals surface area (Å²) >= 11 is 1.40. The number of rotatable bonds is 3. The number of alkyl halides is 3. The molecule has 4 heterocycles. The summed E-state index contributed by atoms with van der Waals surface area (Å²) in [5, 5.41) is 1.81. The van der Waals surface area contributed by atoms with Crippen molar-refractivity contribution in [3.8, 4) is 0 Å². The Kier molecular flexibility index (Phi) is 4.56. The largest absolute Gasteiger partial charge is 0.433 e. The van der Waals surface area contributed by atoms with Gasteiger partial charge in [0.15, 0.2) is 4.96 Å².